The van der Waals surface area contributed by atoms with Crippen LogP contribution in [0.2, 0.25) is 0 Å². The summed E-state index contributed by atoms with van der Waals surface area (Å²) >= 11 is 0. The summed E-state index contributed by atoms with van der Waals surface area (Å²) in [6.07, 6.45) is 16.1. The summed E-state index contributed by atoms with van der Waals surface area (Å²) in [6.45, 7) is 3.08. The first-order valence-electron chi connectivity index (χ1n) is 9.04. The molecule has 0 aliphatic carbocycles. The van der Waals surface area contributed by atoms with E-state index < -0.39 is 0 Å². The molecule has 26 heavy (non-hydrogen) atoms. The number of aromatic nitrogens is 6. The van der Waals surface area contributed by atoms with Crippen LogP contribution in [0.4, 0.5) is 0 Å². The molecule has 1 aliphatic heterocycles. The number of likely N-dealkylation sites (tertiary alicyclic amines) is 1. The van der Waals surface area contributed by atoms with Crippen LogP contribution >= 0.6 is 0 Å². The van der Waals surface area contributed by atoms with Gasteiger partial charge in [0.05, 0.1) is 17.6 Å². The molecule has 3 aromatic rings. The summed E-state index contributed by atoms with van der Waals surface area (Å²) < 4.78 is 1.95. The van der Waals surface area contributed by atoms with Gasteiger partial charge in [-0.2, -0.15) is 0 Å². The standard InChI is InChI=1S/C19H23N7/c1-25-9-6-22-19(25)18-13-23-16(12-24-18)10-15-2-7-26(8-3-15)14-17-11-20-4-5-21-17/h4-6,9,11-13,15H,2-3,7-8,10,14H2,1H3. The molecular formula is C19H23N7. The van der Waals surface area contributed by atoms with E-state index in [4.69, 9.17) is 0 Å². The van der Waals surface area contributed by atoms with Gasteiger partial charge in [0.1, 0.15) is 5.69 Å². The number of imidazole rings is 1. The van der Waals surface area contributed by atoms with Gasteiger partial charge in [-0.05, 0) is 38.3 Å². The highest BCUT2D eigenvalue weighted by Crippen LogP contribution is 2.22. The smallest absolute Gasteiger partial charge is 0.159 e. The molecule has 3 aromatic heterocycles. The number of hydrogen-bond acceptors (Lipinski definition) is 6. The summed E-state index contributed by atoms with van der Waals surface area (Å²) in [5.41, 5.74) is 2.93. The Morgan fingerprint density at radius 2 is 1.81 bits per heavy atom. The van der Waals surface area contributed by atoms with Crippen molar-refractivity contribution in [2.75, 3.05) is 13.1 Å². The van der Waals surface area contributed by atoms with Crippen LogP contribution in [-0.4, -0.2) is 47.5 Å². The largest absolute Gasteiger partial charge is 0.333 e. The van der Waals surface area contributed by atoms with Gasteiger partial charge >= 0.3 is 0 Å². The van der Waals surface area contributed by atoms with E-state index in [1.54, 1.807) is 18.6 Å². The van der Waals surface area contributed by atoms with Crippen molar-refractivity contribution in [3.63, 3.8) is 0 Å². The maximum Gasteiger partial charge on any atom is 0.159 e. The highest BCUT2D eigenvalue weighted by molar-refractivity contribution is 5.47. The highest BCUT2D eigenvalue weighted by Gasteiger charge is 2.20. The van der Waals surface area contributed by atoms with Crippen molar-refractivity contribution < 1.29 is 0 Å². The number of hydrogen-bond donors (Lipinski definition) is 0. The minimum atomic E-state index is 0.668. The predicted molar refractivity (Wildman–Crippen MR) is 98.0 cm³/mol. The summed E-state index contributed by atoms with van der Waals surface area (Å²) in [5.74, 6) is 1.52. The first kappa shape index (κ1) is 16.8. The van der Waals surface area contributed by atoms with Crippen molar-refractivity contribution in [3.8, 4) is 11.5 Å². The van der Waals surface area contributed by atoms with Crippen LogP contribution in [0.15, 0.2) is 43.4 Å². The molecule has 0 radical (unpaired) electrons. The van der Waals surface area contributed by atoms with Crippen LogP contribution in [0.1, 0.15) is 24.2 Å². The summed E-state index contributed by atoms with van der Waals surface area (Å²) in [4.78, 5) is 24.4. The van der Waals surface area contributed by atoms with Crippen LogP contribution in [0.25, 0.3) is 11.5 Å². The third kappa shape index (κ3) is 3.94. The van der Waals surface area contributed by atoms with E-state index in [-0.39, 0.29) is 0 Å². The first-order valence-corrected chi connectivity index (χ1v) is 9.04. The van der Waals surface area contributed by atoms with Gasteiger partial charge in [-0.1, -0.05) is 0 Å². The fourth-order valence-corrected chi connectivity index (χ4v) is 3.47. The molecule has 0 spiro atoms. The van der Waals surface area contributed by atoms with Crippen LogP contribution in [0, 0.1) is 5.92 Å². The molecule has 7 heteroatoms. The van der Waals surface area contributed by atoms with Gasteiger partial charge in [-0.15, -0.1) is 0 Å². The van der Waals surface area contributed by atoms with Gasteiger partial charge in [0.2, 0.25) is 0 Å². The number of nitrogens with zero attached hydrogens (tertiary/aromatic N) is 7. The topological polar surface area (TPSA) is 72.6 Å². The molecule has 4 heterocycles. The highest BCUT2D eigenvalue weighted by atomic mass is 15.1. The Balaban J connectivity index is 1.30. The molecule has 0 unspecified atom stereocenters. The molecule has 1 saturated heterocycles. The Labute approximate surface area is 153 Å². The van der Waals surface area contributed by atoms with E-state index in [2.05, 4.69) is 29.8 Å². The van der Waals surface area contributed by atoms with Crippen molar-refractivity contribution in [3.05, 3.63) is 54.8 Å². The quantitative estimate of drug-likeness (QED) is 0.702. The first-order chi connectivity index (χ1) is 12.8. The zero-order valence-corrected chi connectivity index (χ0v) is 15.0. The summed E-state index contributed by atoms with van der Waals surface area (Å²) in [6, 6.07) is 0. The van der Waals surface area contributed by atoms with Crippen molar-refractivity contribution in [1.82, 2.24) is 34.4 Å². The molecule has 7 nitrogen and oxygen atoms in total. The van der Waals surface area contributed by atoms with Crippen LogP contribution in [0.5, 0.6) is 0 Å². The lowest BCUT2D eigenvalue weighted by Gasteiger charge is -2.31. The second kappa shape index (κ2) is 7.70. The Hall–Kier alpha value is -2.67. The van der Waals surface area contributed by atoms with Gasteiger partial charge in [-0.3, -0.25) is 19.9 Å². The van der Waals surface area contributed by atoms with E-state index in [9.17, 15) is 0 Å². The third-order valence-corrected chi connectivity index (χ3v) is 4.96. The van der Waals surface area contributed by atoms with E-state index >= 15 is 0 Å². The SMILES string of the molecule is Cn1ccnc1-c1cnc(CC2CCN(Cc3cnccn3)CC2)cn1. The second-order valence-electron chi connectivity index (χ2n) is 6.88. The number of aryl methyl sites for hydroxylation is 1. The summed E-state index contributed by atoms with van der Waals surface area (Å²) in [5, 5.41) is 0. The second-order valence-corrected chi connectivity index (χ2v) is 6.88. The maximum atomic E-state index is 4.61. The van der Waals surface area contributed by atoms with E-state index in [1.165, 1.54) is 12.8 Å². The van der Waals surface area contributed by atoms with E-state index in [0.717, 1.165) is 49.0 Å². The Kier molecular flexibility index (Phi) is 4.97. The lowest BCUT2D eigenvalue weighted by Crippen LogP contribution is -2.34. The van der Waals surface area contributed by atoms with E-state index in [0.29, 0.717) is 5.92 Å². The van der Waals surface area contributed by atoms with Gasteiger partial charge in [0.25, 0.3) is 0 Å². The molecule has 0 atom stereocenters. The molecule has 1 aliphatic rings. The monoisotopic (exact) mass is 349 g/mol. The average molecular weight is 349 g/mol. The van der Waals surface area contributed by atoms with Crippen LogP contribution < -0.4 is 0 Å². The van der Waals surface area contributed by atoms with Crippen molar-refractivity contribution in [2.24, 2.45) is 13.0 Å². The normalized spacial score (nSPS) is 16.0. The Bertz CT molecular complexity index is 821. The van der Waals surface area contributed by atoms with Crippen molar-refractivity contribution in [2.45, 2.75) is 25.8 Å². The van der Waals surface area contributed by atoms with Gasteiger partial charge in [-0.25, -0.2) is 9.97 Å². The minimum Gasteiger partial charge on any atom is -0.333 e. The molecule has 4 rings (SSSR count). The Morgan fingerprint density at radius 1 is 0.923 bits per heavy atom. The lowest BCUT2D eigenvalue weighted by molar-refractivity contribution is 0.174. The fourth-order valence-electron chi connectivity index (χ4n) is 3.47. The molecule has 0 amide bonds. The van der Waals surface area contributed by atoms with Gasteiger partial charge < -0.3 is 4.57 Å². The zero-order chi connectivity index (χ0) is 17.8. The molecule has 1 fully saturated rings. The lowest BCUT2D eigenvalue weighted by atomic mass is 9.92. The number of rotatable bonds is 5. The maximum absolute atomic E-state index is 4.61. The van der Waals surface area contributed by atoms with E-state index in [1.807, 2.05) is 36.4 Å². The van der Waals surface area contributed by atoms with Crippen LogP contribution in [0.3, 0.4) is 0 Å². The predicted octanol–water partition coefficient (Wildman–Crippen LogP) is 2.12. The molecular weight excluding hydrogens is 326 g/mol. The average Bonchev–Trinajstić information content (AvgIpc) is 3.11. The van der Waals surface area contributed by atoms with Crippen LogP contribution in [-0.2, 0) is 20.0 Å². The molecule has 0 bridgehead atoms. The molecule has 0 aromatic carbocycles. The van der Waals surface area contributed by atoms with Gasteiger partial charge in [0, 0.05) is 50.8 Å². The van der Waals surface area contributed by atoms with Crippen molar-refractivity contribution >= 4 is 0 Å². The zero-order valence-electron chi connectivity index (χ0n) is 15.0. The fraction of sp³-hybridized carbons (Fsp3) is 0.421. The Morgan fingerprint density at radius 3 is 2.46 bits per heavy atom. The van der Waals surface area contributed by atoms with Gasteiger partial charge in [0.15, 0.2) is 5.82 Å². The van der Waals surface area contributed by atoms with Crippen molar-refractivity contribution in [1.29, 1.82) is 0 Å². The summed E-state index contributed by atoms with van der Waals surface area (Å²) in [7, 11) is 1.97. The minimum absolute atomic E-state index is 0.668. The molecule has 134 valence electrons. The third-order valence-electron chi connectivity index (χ3n) is 4.96. The molecule has 0 N–H and O–H groups in total. The number of piperidine rings is 1. The molecule has 0 saturated carbocycles.